The number of carboxylic acids is 1. The molecular formula is C34H33F3N2O5. The quantitative estimate of drug-likeness (QED) is 0.222. The highest BCUT2D eigenvalue weighted by Crippen LogP contribution is 2.45. The van der Waals surface area contributed by atoms with E-state index >= 15 is 0 Å². The van der Waals surface area contributed by atoms with Gasteiger partial charge in [0.15, 0.2) is 0 Å². The summed E-state index contributed by atoms with van der Waals surface area (Å²) < 4.78 is 53.8. The molecule has 1 aliphatic rings. The number of hydrogen-bond acceptors (Lipinski definition) is 5. The fourth-order valence-electron chi connectivity index (χ4n) is 5.91. The standard InChI is InChI=1S/C34H33F3N2O5/c1-20-7-4-12-26(35)29(20)32(40)38-27(33(41)42)17-21-8-5-10-24-23(21)9-6-11-25(24)30-28(43-2)14-13-22(31(30)44-3)18-39-16-15-34(36,37)19-39/h4-14,27H,15-19H2,1-3H3,(H,38,40)(H,41,42)/t27-/m0/s1. The van der Waals surface area contributed by atoms with Crippen molar-refractivity contribution in [3.63, 3.8) is 0 Å². The van der Waals surface area contributed by atoms with Crippen LogP contribution in [0.25, 0.3) is 21.9 Å². The van der Waals surface area contributed by atoms with E-state index in [0.29, 0.717) is 28.2 Å². The average molecular weight is 607 g/mol. The summed E-state index contributed by atoms with van der Waals surface area (Å²) in [5.41, 5.74) is 2.95. The van der Waals surface area contributed by atoms with Crippen LogP contribution in [0.2, 0.25) is 0 Å². The Morgan fingerprint density at radius 3 is 2.36 bits per heavy atom. The van der Waals surface area contributed by atoms with E-state index in [2.05, 4.69) is 5.32 Å². The third-order valence-corrected chi connectivity index (χ3v) is 8.03. The number of hydrogen-bond donors (Lipinski definition) is 2. The van der Waals surface area contributed by atoms with Crippen LogP contribution in [0.1, 0.15) is 33.5 Å². The Bertz CT molecular complexity index is 1700. The third-order valence-electron chi connectivity index (χ3n) is 8.03. The van der Waals surface area contributed by atoms with E-state index in [9.17, 15) is 27.9 Å². The SMILES string of the molecule is COc1ccc(CN2CCC(F)(F)C2)c(OC)c1-c1cccc2c(C[C@H](NC(=O)c3c(C)cccc3F)C(=O)O)cccc12. The van der Waals surface area contributed by atoms with E-state index in [1.807, 2.05) is 30.3 Å². The van der Waals surface area contributed by atoms with Crippen molar-refractivity contribution in [1.82, 2.24) is 10.2 Å². The van der Waals surface area contributed by atoms with E-state index in [1.165, 1.54) is 20.3 Å². The van der Waals surface area contributed by atoms with Gasteiger partial charge in [0.05, 0.1) is 31.9 Å². The number of benzene rings is 4. The molecule has 230 valence electrons. The molecule has 4 aromatic carbocycles. The lowest BCUT2D eigenvalue weighted by Gasteiger charge is -2.22. The summed E-state index contributed by atoms with van der Waals surface area (Å²) >= 11 is 0. The number of carbonyl (C=O) groups is 2. The van der Waals surface area contributed by atoms with Gasteiger partial charge in [0, 0.05) is 31.5 Å². The Morgan fingerprint density at radius 2 is 1.70 bits per heavy atom. The predicted octanol–water partition coefficient (Wildman–Crippen LogP) is 6.24. The number of carboxylic acid groups (broad SMARTS) is 1. The molecule has 5 rings (SSSR count). The number of nitrogens with one attached hydrogen (secondary N) is 1. The van der Waals surface area contributed by atoms with E-state index in [-0.39, 0.29) is 38.0 Å². The number of aliphatic carboxylic acids is 1. The Balaban J connectivity index is 1.53. The van der Waals surface area contributed by atoms with Crippen LogP contribution in [0.5, 0.6) is 11.5 Å². The van der Waals surface area contributed by atoms with Crippen LogP contribution in [-0.4, -0.2) is 61.2 Å². The highest BCUT2D eigenvalue weighted by atomic mass is 19.3. The minimum absolute atomic E-state index is 0.0627. The number of fused-ring (bicyclic) bond motifs is 1. The van der Waals surface area contributed by atoms with Gasteiger partial charge in [0.2, 0.25) is 0 Å². The number of amides is 1. The first kappa shape index (κ1) is 30.9. The molecule has 10 heteroatoms. The first-order valence-electron chi connectivity index (χ1n) is 14.2. The molecule has 7 nitrogen and oxygen atoms in total. The maximum absolute atomic E-state index is 14.4. The second-order valence-corrected chi connectivity index (χ2v) is 11.0. The summed E-state index contributed by atoms with van der Waals surface area (Å²) in [6, 6.07) is 17.5. The summed E-state index contributed by atoms with van der Waals surface area (Å²) in [7, 11) is 3.06. The van der Waals surface area contributed by atoms with Crippen molar-refractivity contribution in [2.75, 3.05) is 27.3 Å². The second-order valence-electron chi connectivity index (χ2n) is 11.0. The van der Waals surface area contributed by atoms with E-state index < -0.39 is 29.7 Å². The first-order chi connectivity index (χ1) is 21.0. The molecule has 0 radical (unpaired) electrons. The van der Waals surface area contributed by atoms with Gasteiger partial charge in [0.1, 0.15) is 23.4 Å². The van der Waals surface area contributed by atoms with Gasteiger partial charge >= 0.3 is 5.97 Å². The molecule has 1 saturated heterocycles. The van der Waals surface area contributed by atoms with Gasteiger partial charge in [-0.25, -0.2) is 18.0 Å². The third kappa shape index (κ3) is 6.21. The maximum Gasteiger partial charge on any atom is 0.326 e. The van der Waals surface area contributed by atoms with Gasteiger partial charge in [-0.1, -0.05) is 54.6 Å². The molecular weight excluding hydrogens is 573 g/mol. The number of ether oxygens (including phenoxy) is 2. The fourth-order valence-corrected chi connectivity index (χ4v) is 5.91. The molecule has 1 heterocycles. The molecule has 0 spiro atoms. The topological polar surface area (TPSA) is 88.1 Å². The maximum atomic E-state index is 14.4. The molecule has 0 unspecified atom stereocenters. The average Bonchev–Trinajstić information content (AvgIpc) is 3.33. The number of carbonyl (C=O) groups excluding carboxylic acids is 1. The van der Waals surface area contributed by atoms with E-state index in [4.69, 9.17) is 9.47 Å². The van der Waals surface area contributed by atoms with Gasteiger partial charge in [-0.15, -0.1) is 0 Å². The van der Waals surface area contributed by atoms with Gasteiger partial charge in [-0.2, -0.15) is 0 Å². The lowest BCUT2D eigenvalue weighted by molar-refractivity contribution is -0.139. The van der Waals surface area contributed by atoms with Crippen LogP contribution < -0.4 is 14.8 Å². The number of methoxy groups -OCH3 is 2. The normalized spacial score (nSPS) is 15.2. The van der Waals surface area contributed by atoms with Crippen molar-refractivity contribution in [3.05, 3.63) is 94.8 Å². The van der Waals surface area contributed by atoms with Crippen molar-refractivity contribution >= 4 is 22.6 Å². The molecule has 1 amide bonds. The van der Waals surface area contributed by atoms with Gasteiger partial charge < -0.3 is 19.9 Å². The van der Waals surface area contributed by atoms with Crippen molar-refractivity contribution in [1.29, 1.82) is 0 Å². The summed E-state index contributed by atoms with van der Waals surface area (Å²) in [5, 5.41) is 14.0. The highest BCUT2D eigenvalue weighted by Gasteiger charge is 2.38. The van der Waals surface area contributed by atoms with Crippen LogP contribution in [0.15, 0.2) is 66.7 Å². The molecule has 0 bridgehead atoms. The van der Waals surface area contributed by atoms with Crippen LogP contribution in [-0.2, 0) is 17.8 Å². The molecule has 1 atom stereocenters. The van der Waals surface area contributed by atoms with Crippen LogP contribution in [0, 0.1) is 12.7 Å². The fraction of sp³-hybridized carbons (Fsp3) is 0.294. The lowest BCUT2D eigenvalue weighted by atomic mass is 9.91. The van der Waals surface area contributed by atoms with Crippen molar-refractivity contribution in [2.24, 2.45) is 0 Å². The first-order valence-corrected chi connectivity index (χ1v) is 14.2. The minimum Gasteiger partial charge on any atom is -0.496 e. The van der Waals surface area contributed by atoms with E-state index in [0.717, 1.165) is 28.0 Å². The Labute approximate surface area is 253 Å². The van der Waals surface area contributed by atoms with Crippen LogP contribution in [0.4, 0.5) is 13.2 Å². The number of alkyl halides is 2. The molecule has 1 aliphatic heterocycles. The van der Waals surface area contributed by atoms with Crippen molar-refractivity contribution in [2.45, 2.75) is 38.3 Å². The summed E-state index contributed by atoms with van der Waals surface area (Å²) in [6.07, 6.45) is -0.255. The number of likely N-dealkylation sites (tertiary alicyclic amines) is 1. The molecule has 2 N–H and O–H groups in total. The number of halogens is 3. The van der Waals surface area contributed by atoms with Gasteiger partial charge in [-0.05, 0) is 46.5 Å². The predicted molar refractivity (Wildman–Crippen MR) is 161 cm³/mol. The van der Waals surface area contributed by atoms with Gasteiger partial charge in [-0.3, -0.25) is 9.69 Å². The highest BCUT2D eigenvalue weighted by molar-refractivity contribution is 6.02. The van der Waals surface area contributed by atoms with E-state index in [1.54, 1.807) is 36.1 Å². The monoisotopic (exact) mass is 606 g/mol. The zero-order valence-corrected chi connectivity index (χ0v) is 24.6. The number of nitrogens with zero attached hydrogens (tertiary/aromatic N) is 1. The number of rotatable bonds is 10. The lowest BCUT2D eigenvalue weighted by Crippen LogP contribution is -2.42. The second kappa shape index (κ2) is 12.6. The Hall–Kier alpha value is -4.57. The minimum atomic E-state index is -2.73. The molecule has 0 aliphatic carbocycles. The zero-order valence-electron chi connectivity index (χ0n) is 24.6. The Morgan fingerprint density at radius 1 is 0.977 bits per heavy atom. The molecule has 0 aromatic heterocycles. The smallest absolute Gasteiger partial charge is 0.326 e. The summed E-state index contributed by atoms with van der Waals surface area (Å²) in [5.74, 6) is -4.51. The number of aryl methyl sites for hydroxylation is 1. The van der Waals surface area contributed by atoms with Crippen LogP contribution >= 0.6 is 0 Å². The van der Waals surface area contributed by atoms with Crippen molar-refractivity contribution < 1.29 is 37.3 Å². The van der Waals surface area contributed by atoms with Gasteiger partial charge in [0.25, 0.3) is 11.8 Å². The summed E-state index contributed by atoms with van der Waals surface area (Å²) in [4.78, 5) is 26.9. The Kier molecular flexibility index (Phi) is 8.82. The largest absolute Gasteiger partial charge is 0.496 e. The van der Waals surface area contributed by atoms with Crippen LogP contribution in [0.3, 0.4) is 0 Å². The summed E-state index contributed by atoms with van der Waals surface area (Å²) in [6.45, 7) is 1.80. The van der Waals surface area contributed by atoms with Crippen molar-refractivity contribution in [3.8, 4) is 22.6 Å². The molecule has 4 aromatic rings. The molecule has 0 saturated carbocycles. The molecule has 1 fully saturated rings. The molecule has 44 heavy (non-hydrogen) atoms. The zero-order chi connectivity index (χ0) is 31.6.